The summed E-state index contributed by atoms with van der Waals surface area (Å²) >= 11 is 0. The third kappa shape index (κ3) is 4.57. The molecule has 4 aromatic rings. The van der Waals surface area contributed by atoms with Gasteiger partial charge < -0.3 is 60.2 Å². The normalized spacial score (nSPS) is 22.5. The van der Waals surface area contributed by atoms with E-state index in [4.69, 9.17) is 14.2 Å². The molecule has 0 spiro atoms. The molecule has 0 saturated heterocycles. The SMILES string of the molecule is COc1c(O)cc([C@@H]2Oc3c(c(O)cc(O)c3[C@H]3c4c(O)cc(O)cc4O[C@H](c4ccc(O)cc4)[C@@H]3O)C[C@H]2O)cc1O. The van der Waals surface area contributed by atoms with E-state index in [9.17, 15) is 46.0 Å². The van der Waals surface area contributed by atoms with Gasteiger partial charge in [-0.05, 0) is 29.8 Å². The maximum atomic E-state index is 11.8. The van der Waals surface area contributed by atoms with E-state index in [2.05, 4.69) is 0 Å². The summed E-state index contributed by atoms with van der Waals surface area (Å²) in [5.41, 5.74) is 0.612. The zero-order valence-electron chi connectivity index (χ0n) is 22.5. The van der Waals surface area contributed by atoms with Crippen LogP contribution >= 0.6 is 0 Å². The number of aliphatic hydroxyl groups is 2. The predicted octanol–water partition coefficient (Wildman–Crippen LogP) is 3.30. The summed E-state index contributed by atoms with van der Waals surface area (Å²) in [6.07, 6.45) is -5.33. The van der Waals surface area contributed by atoms with Crippen LogP contribution in [0, 0.1) is 0 Å². The van der Waals surface area contributed by atoms with Crippen molar-refractivity contribution in [2.75, 3.05) is 7.11 Å². The van der Waals surface area contributed by atoms with Gasteiger partial charge in [0.25, 0.3) is 0 Å². The quantitative estimate of drug-likeness (QED) is 0.167. The van der Waals surface area contributed by atoms with Crippen molar-refractivity contribution in [3.05, 3.63) is 82.4 Å². The molecule has 2 heterocycles. The van der Waals surface area contributed by atoms with Crippen molar-refractivity contribution in [3.63, 3.8) is 0 Å². The molecule has 0 aliphatic carbocycles. The Balaban J connectivity index is 1.54. The molecule has 6 rings (SSSR count). The fourth-order valence-electron chi connectivity index (χ4n) is 5.93. The number of hydrogen-bond donors (Lipinski definition) is 9. The molecule has 0 saturated carbocycles. The van der Waals surface area contributed by atoms with Crippen LogP contribution in [0.1, 0.15) is 45.9 Å². The highest BCUT2D eigenvalue weighted by atomic mass is 16.5. The second-order valence-corrected chi connectivity index (χ2v) is 10.5. The van der Waals surface area contributed by atoms with Crippen molar-refractivity contribution in [1.82, 2.24) is 0 Å². The van der Waals surface area contributed by atoms with Gasteiger partial charge >= 0.3 is 0 Å². The lowest BCUT2D eigenvalue weighted by atomic mass is 9.77. The van der Waals surface area contributed by atoms with Gasteiger partial charge in [0, 0.05) is 46.9 Å². The number of methoxy groups -OCH3 is 1. The van der Waals surface area contributed by atoms with Crippen molar-refractivity contribution in [1.29, 1.82) is 0 Å². The fraction of sp³-hybridized carbons (Fsp3) is 0.226. The highest BCUT2D eigenvalue weighted by Gasteiger charge is 2.46. The second-order valence-electron chi connectivity index (χ2n) is 10.5. The zero-order chi connectivity index (χ0) is 30.7. The van der Waals surface area contributed by atoms with Crippen LogP contribution in [0.4, 0.5) is 0 Å². The Labute approximate surface area is 244 Å². The standard InChI is InChI=1S/C31H28O12/c1-41-31-20(37)6-13(7-21(31)38)28-22(39)10-16-17(34)11-19(36)25(30(16)43-28)26-24-18(35)8-15(33)9-23(24)42-29(27(26)40)12-2-4-14(32)5-3-12/h2-9,11,22,26-29,32-40H,10H2,1H3/t22-,26-,27-,28+,29-/m1/s1. The Hall–Kier alpha value is -5.20. The van der Waals surface area contributed by atoms with Gasteiger partial charge in [-0.15, -0.1) is 0 Å². The third-order valence-electron chi connectivity index (χ3n) is 7.84. The first-order valence-corrected chi connectivity index (χ1v) is 13.2. The van der Waals surface area contributed by atoms with E-state index < -0.39 is 59.1 Å². The number of phenols is 7. The summed E-state index contributed by atoms with van der Waals surface area (Å²) in [4.78, 5) is 0. The van der Waals surface area contributed by atoms with Crippen molar-refractivity contribution in [3.8, 4) is 57.5 Å². The van der Waals surface area contributed by atoms with Gasteiger partial charge in [-0.1, -0.05) is 12.1 Å². The molecule has 224 valence electrons. The monoisotopic (exact) mass is 592 g/mol. The van der Waals surface area contributed by atoms with E-state index in [1.807, 2.05) is 0 Å². The molecular formula is C31H28O12. The van der Waals surface area contributed by atoms with Crippen LogP contribution in [0.3, 0.4) is 0 Å². The van der Waals surface area contributed by atoms with Gasteiger partial charge in [0.1, 0.15) is 46.4 Å². The highest BCUT2D eigenvalue weighted by molar-refractivity contribution is 5.66. The van der Waals surface area contributed by atoms with Gasteiger partial charge in [0.2, 0.25) is 5.75 Å². The summed E-state index contributed by atoms with van der Waals surface area (Å²) in [5, 5.41) is 96.5. The summed E-state index contributed by atoms with van der Waals surface area (Å²) in [6, 6.07) is 11.6. The van der Waals surface area contributed by atoms with Gasteiger partial charge in [0.15, 0.2) is 23.7 Å². The van der Waals surface area contributed by atoms with Gasteiger partial charge in [-0.2, -0.15) is 0 Å². The first-order chi connectivity index (χ1) is 20.5. The lowest BCUT2D eigenvalue weighted by Crippen LogP contribution is -2.36. The Morgan fingerprint density at radius 1 is 0.651 bits per heavy atom. The van der Waals surface area contributed by atoms with Crippen LogP contribution in [0.5, 0.6) is 57.5 Å². The van der Waals surface area contributed by atoms with E-state index in [-0.39, 0.29) is 57.4 Å². The van der Waals surface area contributed by atoms with Crippen LogP contribution in [0.25, 0.3) is 0 Å². The smallest absolute Gasteiger partial charge is 0.202 e. The molecule has 0 aromatic heterocycles. The van der Waals surface area contributed by atoms with Gasteiger partial charge in [-0.3, -0.25) is 0 Å². The molecule has 2 aliphatic rings. The van der Waals surface area contributed by atoms with Crippen LogP contribution < -0.4 is 14.2 Å². The average Bonchev–Trinajstić information content (AvgIpc) is 2.94. The number of rotatable bonds is 4. The maximum Gasteiger partial charge on any atom is 0.202 e. The minimum atomic E-state index is -1.50. The Kier molecular flexibility index (Phi) is 6.67. The molecule has 0 fully saturated rings. The summed E-state index contributed by atoms with van der Waals surface area (Å²) in [7, 11) is 1.26. The summed E-state index contributed by atoms with van der Waals surface area (Å²) in [6.45, 7) is 0. The average molecular weight is 593 g/mol. The molecule has 2 aliphatic heterocycles. The number of fused-ring (bicyclic) bond motifs is 2. The van der Waals surface area contributed by atoms with Crippen LogP contribution in [0.15, 0.2) is 54.6 Å². The predicted molar refractivity (Wildman–Crippen MR) is 148 cm³/mol. The summed E-state index contributed by atoms with van der Waals surface area (Å²) < 4.78 is 17.2. The molecule has 0 unspecified atom stereocenters. The van der Waals surface area contributed by atoms with E-state index in [0.717, 1.165) is 12.1 Å². The Bertz CT molecular complexity index is 1690. The number of hydrogen-bond acceptors (Lipinski definition) is 12. The first kappa shape index (κ1) is 27.9. The Morgan fingerprint density at radius 2 is 1.30 bits per heavy atom. The number of phenolic OH excluding ortho intramolecular Hbond substituents is 7. The number of aromatic hydroxyl groups is 7. The zero-order valence-corrected chi connectivity index (χ0v) is 22.5. The summed E-state index contributed by atoms with van der Waals surface area (Å²) in [5.74, 6) is -4.16. The number of ether oxygens (including phenoxy) is 3. The second kappa shape index (κ2) is 10.3. The maximum absolute atomic E-state index is 11.8. The first-order valence-electron chi connectivity index (χ1n) is 13.2. The molecular weight excluding hydrogens is 564 g/mol. The van der Waals surface area contributed by atoms with E-state index in [0.29, 0.717) is 5.56 Å². The molecule has 4 aromatic carbocycles. The minimum Gasteiger partial charge on any atom is -0.508 e. The lowest BCUT2D eigenvalue weighted by Gasteiger charge is -2.40. The fourth-order valence-corrected chi connectivity index (χ4v) is 5.93. The molecule has 0 radical (unpaired) electrons. The van der Waals surface area contributed by atoms with Crippen molar-refractivity contribution in [2.45, 2.75) is 36.8 Å². The van der Waals surface area contributed by atoms with Gasteiger partial charge in [-0.25, -0.2) is 0 Å². The molecule has 5 atom stereocenters. The molecule has 0 amide bonds. The van der Waals surface area contributed by atoms with E-state index >= 15 is 0 Å². The largest absolute Gasteiger partial charge is 0.508 e. The van der Waals surface area contributed by atoms with Crippen molar-refractivity contribution >= 4 is 0 Å². The Morgan fingerprint density at radius 3 is 1.95 bits per heavy atom. The van der Waals surface area contributed by atoms with Crippen LogP contribution in [-0.2, 0) is 6.42 Å². The molecule has 43 heavy (non-hydrogen) atoms. The van der Waals surface area contributed by atoms with Crippen LogP contribution in [0.2, 0.25) is 0 Å². The van der Waals surface area contributed by atoms with E-state index in [1.165, 1.54) is 49.6 Å². The highest BCUT2D eigenvalue weighted by Crippen LogP contribution is 2.57. The third-order valence-corrected chi connectivity index (χ3v) is 7.84. The molecule has 9 N–H and O–H groups in total. The number of benzene rings is 4. The lowest BCUT2D eigenvalue weighted by molar-refractivity contribution is 0.00119. The van der Waals surface area contributed by atoms with Crippen molar-refractivity contribution in [2.24, 2.45) is 0 Å². The minimum absolute atomic E-state index is 0.00882. The molecule has 0 bridgehead atoms. The van der Waals surface area contributed by atoms with Gasteiger partial charge in [0.05, 0.1) is 19.1 Å². The number of aliphatic hydroxyl groups excluding tert-OH is 2. The molecule has 12 heteroatoms. The molecule has 12 nitrogen and oxygen atoms in total. The topological polar surface area (TPSA) is 210 Å². The van der Waals surface area contributed by atoms with E-state index in [1.54, 1.807) is 0 Å². The van der Waals surface area contributed by atoms with Crippen molar-refractivity contribution < 1.29 is 60.2 Å². The van der Waals surface area contributed by atoms with Crippen LogP contribution in [-0.4, -0.2) is 65.3 Å².